The van der Waals surface area contributed by atoms with Gasteiger partial charge in [0.1, 0.15) is 5.82 Å². The number of carbonyl (C=O) groups is 1. The second-order valence-corrected chi connectivity index (χ2v) is 3.38. The Hall–Kier alpha value is -1.38. The summed E-state index contributed by atoms with van der Waals surface area (Å²) in [6.07, 6.45) is 0. The number of carbonyl (C=O) groups excluding carboxylic acids is 1. The van der Waals surface area contributed by atoms with Crippen molar-refractivity contribution < 1.29 is 13.9 Å². The van der Waals surface area contributed by atoms with Crippen LogP contribution in [-0.2, 0) is 4.74 Å². The van der Waals surface area contributed by atoms with E-state index in [1.54, 1.807) is 6.07 Å². The maximum atomic E-state index is 12.9. The standard InChI is InChI=1S/C11H13FO2/c1-7(2)9-5-4-8(12)6-10(9)11(13)14-3/h4-7H,1-3H3. The Bertz CT molecular complexity index is 345. The monoisotopic (exact) mass is 196 g/mol. The van der Waals surface area contributed by atoms with E-state index in [-0.39, 0.29) is 5.92 Å². The van der Waals surface area contributed by atoms with Gasteiger partial charge in [0.2, 0.25) is 0 Å². The van der Waals surface area contributed by atoms with E-state index in [1.165, 1.54) is 19.2 Å². The molecule has 1 rings (SSSR count). The summed E-state index contributed by atoms with van der Waals surface area (Å²) in [5, 5.41) is 0. The molecule has 0 saturated carbocycles. The molecule has 0 aromatic heterocycles. The molecule has 0 atom stereocenters. The van der Waals surface area contributed by atoms with Gasteiger partial charge >= 0.3 is 5.97 Å². The quantitative estimate of drug-likeness (QED) is 0.680. The van der Waals surface area contributed by atoms with Crippen LogP contribution in [-0.4, -0.2) is 13.1 Å². The molecular formula is C11H13FO2. The minimum atomic E-state index is -0.492. The molecule has 0 radical (unpaired) electrons. The van der Waals surface area contributed by atoms with Crippen molar-refractivity contribution in [3.8, 4) is 0 Å². The summed E-state index contributed by atoms with van der Waals surface area (Å²) in [6.45, 7) is 3.89. The highest BCUT2D eigenvalue weighted by Crippen LogP contribution is 2.21. The van der Waals surface area contributed by atoms with Crippen LogP contribution < -0.4 is 0 Å². The first-order chi connectivity index (χ1) is 6.56. The molecule has 0 heterocycles. The number of halogens is 1. The molecule has 14 heavy (non-hydrogen) atoms. The summed E-state index contributed by atoms with van der Waals surface area (Å²) in [4.78, 5) is 11.3. The molecule has 0 N–H and O–H groups in total. The molecule has 0 aliphatic carbocycles. The van der Waals surface area contributed by atoms with Crippen molar-refractivity contribution in [3.05, 3.63) is 35.1 Å². The van der Waals surface area contributed by atoms with Gasteiger partial charge in [-0.3, -0.25) is 0 Å². The lowest BCUT2D eigenvalue weighted by molar-refractivity contribution is 0.0598. The fraction of sp³-hybridized carbons (Fsp3) is 0.364. The molecule has 0 bridgehead atoms. The third kappa shape index (κ3) is 2.10. The highest BCUT2D eigenvalue weighted by molar-refractivity contribution is 5.91. The summed E-state index contributed by atoms with van der Waals surface area (Å²) in [6, 6.07) is 4.18. The first kappa shape index (κ1) is 10.7. The smallest absolute Gasteiger partial charge is 0.338 e. The number of benzene rings is 1. The molecule has 0 aliphatic heterocycles. The maximum Gasteiger partial charge on any atom is 0.338 e. The molecule has 0 fully saturated rings. The lowest BCUT2D eigenvalue weighted by Crippen LogP contribution is -2.07. The van der Waals surface area contributed by atoms with Crippen LogP contribution in [0.15, 0.2) is 18.2 Å². The Morgan fingerprint density at radius 3 is 2.57 bits per heavy atom. The summed E-state index contributed by atoms with van der Waals surface area (Å²) in [5.41, 5.74) is 1.11. The zero-order chi connectivity index (χ0) is 10.7. The average molecular weight is 196 g/mol. The molecule has 0 saturated heterocycles. The summed E-state index contributed by atoms with van der Waals surface area (Å²) < 4.78 is 17.5. The lowest BCUT2D eigenvalue weighted by atomic mass is 9.97. The van der Waals surface area contributed by atoms with Crippen molar-refractivity contribution in [2.24, 2.45) is 0 Å². The Morgan fingerprint density at radius 1 is 1.43 bits per heavy atom. The van der Waals surface area contributed by atoms with E-state index >= 15 is 0 Å². The summed E-state index contributed by atoms with van der Waals surface area (Å²) in [7, 11) is 1.29. The number of hydrogen-bond acceptors (Lipinski definition) is 2. The molecule has 0 amide bonds. The van der Waals surface area contributed by atoms with Gasteiger partial charge in [-0.2, -0.15) is 0 Å². The van der Waals surface area contributed by atoms with E-state index < -0.39 is 11.8 Å². The van der Waals surface area contributed by atoms with Crippen molar-refractivity contribution in [2.75, 3.05) is 7.11 Å². The van der Waals surface area contributed by atoms with E-state index in [0.717, 1.165) is 5.56 Å². The van der Waals surface area contributed by atoms with Crippen molar-refractivity contribution in [3.63, 3.8) is 0 Å². The Labute approximate surface area is 82.7 Å². The van der Waals surface area contributed by atoms with E-state index in [0.29, 0.717) is 5.56 Å². The van der Waals surface area contributed by atoms with Gasteiger partial charge in [0.25, 0.3) is 0 Å². The van der Waals surface area contributed by atoms with Crippen molar-refractivity contribution in [1.82, 2.24) is 0 Å². The van der Waals surface area contributed by atoms with Gasteiger partial charge in [-0.25, -0.2) is 9.18 Å². The Morgan fingerprint density at radius 2 is 2.07 bits per heavy atom. The molecule has 76 valence electrons. The van der Waals surface area contributed by atoms with Gasteiger partial charge in [0.15, 0.2) is 0 Å². The molecule has 0 aliphatic rings. The SMILES string of the molecule is COC(=O)c1cc(F)ccc1C(C)C. The number of methoxy groups -OCH3 is 1. The molecular weight excluding hydrogens is 183 g/mol. The van der Waals surface area contributed by atoms with Crippen molar-refractivity contribution in [1.29, 1.82) is 0 Å². The second-order valence-electron chi connectivity index (χ2n) is 3.38. The van der Waals surface area contributed by atoms with Gasteiger partial charge in [-0.1, -0.05) is 19.9 Å². The van der Waals surface area contributed by atoms with Gasteiger partial charge in [-0.05, 0) is 23.6 Å². The maximum absolute atomic E-state index is 12.9. The third-order valence-electron chi connectivity index (χ3n) is 2.04. The van der Waals surface area contributed by atoms with Crippen LogP contribution >= 0.6 is 0 Å². The largest absolute Gasteiger partial charge is 0.465 e. The number of rotatable bonds is 2. The van der Waals surface area contributed by atoms with Crippen molar-refractivity contribution >= 4 is 5.97 Å². The fourth-order valence-electron chi connectivity index (χ4n) is 1.32. The van der Waals surface area contributed by atoms with Gasteiger partial charge < -0.3 is 4.74 Å². The van der Waals surface area contributed by atoms with E-state index in [9.17, 15) is 9.18 Å². The van der Waals surface area contributed by atoms with Crippen LogP contribution in [0.1, 0.15) is 35.7 Å². The molecule has 0 unspecified atom stereocenters. The number of hydrogen-bond donors (Lipinski definition) is 0. The topological polar surface area (TPSA) is 26.3 Å². The molecule has 0 spiro atoms. The van der Waals surface area contributed by atoms with Crippen LogP contribution in [0.4, 0.5) is 4.39 Å². The number of ether oxygens (including phenoxy) is 1. The minimum absolute atomic E-state index is 0.171. The third-order valence-corrected chi connectivity index (χ3v) is 2.04. The molecule has 1 aromatic carbocycles. The van der Waals surface area contributed by atoms with Crippen LogP contribution in [0.25, 0.3) is 0 Å². The van der Waals surface area contributed by atoms with Gasteiger partial charge in [0, 0.05) is 0 Å². The highest BCUT2D eigenvalue weighted by atomic mass is 19.1. The van der Waals surface area contributed by atoms with E-state index in [1.807, 2.05) is 13.8 Å². The predicted molar refractivity (Wildman–Crippen MR) is 51.8 cm³/mol. The zero-order valence-electron chi connectivity index (χ0n) is 8.50. The second kappa shape index (κ2) is 4.22. The lowest BCUT2D eigenvalue weighted by Gasteiger charge is -2.10. The van der Waals surface area contributed by atoms with Crippen LogP contribution in [0, 0.1) is 5.82 Å². The van der Waals surface area contributed by atoms with Crippen LogP contribution in [0.3, 0.4) is 0 Å². The summed E-state index contributed by atoms with van der Waals surface area (Å²) >= 11 is 0. The normalized spacial score (nSPS) is 10.4. The Balaban J connectivity index is 3.22. The molecule has 1 aromatic rings. The highest BCUT2D eigenvalue weighted by Gasteiger charge is 2.14. The Kier molecular flexibility index (Phi) is 3.23. The average Bonchev–Trinajstić information content (AvgIpc) is 2.16. The van der Waals surface area contributed by atoms with Gasteiger partial charge in [-0.15, -0.1) is 0 Å². The first-order valence-electron chi connectivity index (χ1n) is 4.44. The van der Waals surface area contributed by atoms with Crippen molar-refractivity contribution in [2.45, 2.75) is 19.8 Å². The van der Waals surface area contributed by atoms with E-state index in [4.69, 9.17) is 0 Å². The summed E-state index contributed by atoms with van der Waals surface area (Å²) in [5.74, 6) is -0.743. The molecule has 3 heteroatoms. The molecule has 2 nitrogen and oxygen atoms in total. The zero-order valence-corrected chi connectivity index (χ0v) is 8.50. The van der Waals surface area contributed by atoms with Crippen LogP contribution in [0.2, 0.25) is 0 Å². The van der Waals surface area contributed by atoms with E-state index in [2.05, 4.69) is 4.74 Å². The first-order valence-corrected chi connectivity index (χ1v) is 4.44. The fourth-order valence-corrected chi connectivity index (χ4v) is 1.32. The predicted octanol–water partition coefficient (Wildman–Crippen LogP) is 2.74. The number of esters is 1. The minimum Gasteiger partial charge on any atom is -0.465 e. The van der Waals surface area contributed by atoms with Gasteiger partial charge in [0.05, 0.1) is 12.7 Å². The van der Waals surface area contributed by atoms with Crippen LogP contribution in [0.5, 0.6) is 0 Å².